The zero-order valence-electron chi connectivity index (χ0n) is 17.9. The van der Waals surface area contributed by atoms with Crippen molar-refractivity contribution in [2.45, 2.75) is 25.4 Å². The first kappa shape index (κ1) is 22.1. The van der Waals surface area contributed by atoms with Crippen LogP contribution in [-0.2, 0) is 0 Å². The Hall–Kier alpha value is -2.64. The zero-order chi connectivity index (χ0) is 21.3. The topological polar surface area (TPSA) is 80.7 Å². The Bertz CT molecular complexity index is 776. The number of hydrogen-bond acceptors (Lipinski definition) is 5. The highest BCUT2D eigenvalue weighted by Gasteiger charge is 2.22. The van der Waals surface area contributed by atoms with Crippen molar-refractivity contribution >= 4 is 17.5 Å². The average molecular weight is 412 g/mol. The quantitative estimate of drug-likeness (QED) is 0.622. The van der Waals surface area contributed by atoms with Crippen LogP contribution in [0, 0.1) is 5.92 Å². The van der Waals surface area contributed by atoms with E-state index in [-0.39, 0.29) is 11.9 Å². The van der Waals surface area contributed by atoms with Gasteiger partial charge in [-0.25, -0.2) is 9.78 Å². The minimum Gasteiger partial charge on any atom is -0.388 e. The summed E-state index contributed by atoms with van der Waals surface area (Å²) >= 11 is 0. The first-order valence-electron chi connectivity index (χ1n) is 10.7. The minimum atomic E-state index is -0.653. The molecule has 1 fully saturated rings. The first-order chi connectivity index (χ1) is 14.5. The number of pyridine rings is 1. The summed E-state index contributed by atoms with van der Waals surface area (Å²) in [7, 11) is 3.92. The Morgan fingerprint density at radius 2 is 1.87 bits per heavy atom. The van der Waals surface area contributed by atoms with Gasteiger partial charge in [0, 0.05) is 32.1 Å². The van der Waals surface area contributed by atoms with Crippen LogP contribution in [0.25, 0.3) is 0 Å². The molecule has 1 aliphatic rings. The van der Waals surface area contributed by atoms with Crippen molar-refractivity contribution < 1.29 is 9.90 Å². The number of hydrogen-bond donors (Lipinski definition) is 3. The van der Waals surface area contributed by atoms with Gasteiger partial charge in [-0.1, -0.05) is 30.3 Å². The SMILES string of the molecule is CN(C)C[C@@H](CNC(=O)Nc1ccc(N2CCCCC2)nc1)[C@H](O)c1ccccc1. The number of aliphatic hydroxyl groups excluding tert-OH is 1. The number of carbonyl (C=O) groups excluding carboxylic acids is 1. The smallest absolute Gasteiger partial charge is 0.319 e. The second-order valence-corrected chi connectivity index (χ2v) is 8.17. The molecule has 1 saturated heterocycles. The van der Waals surface area contributed by atoms with Crippen LogP contribution >= 0.6 is 0 Å². The molecule has 3 rings (SSSR count). The highest BCUT2D eigenvalue weighted by molar-refractivity contribution is 5.89. The molecule has 0 aliphatic carbocycles. The van der Waals surface area contributed by atoms with Gasteiger partial charge < -0.3 is 25.5 Å². The summed E-state index contributed by atoms with van der Waals surface area (Å²) in [5, 5.41) is 16.5. The normalized spacial score (nSPS) is 16.2. The molecular weight excluding hydrogens is 378 g/mol. The van der Waals surface area contributed by atoms with Gasteiger partial charge in [0.1, 0.15) is 5.82 Å². The van der Waals surface area contributed by atoms with Crippen LogP contribution < -0.4 is 15.5 Å². The Kier molecular flexibility index (Phi) is 8.04. The molecular formula is C23H33N5O2. The molecule has 7 heteroatoms. The van der Waals surface area contributed by atoms with Crippen LogP contribution in [0.5, 0.6) is 0 Å². The van der Waals surface area contributed by atoms with E-state index in [9.17, 15) is 9.90 Å². The Morgan fingerprint density at radius 1 is 1.13 bits per heavy atom. The van der Waals surface area contributed by atoms with E-state index in [2.05, 4.69) is 20.5 Å². The monoisotopic (exact) mass is 411 g/mol. The van der Waals surface area contributed by atoms with Gasteiger partial charge in [0.25, 0.3) is 0 Å². The lowest BCUT2D eigenvalue weighted by molar-refractivity contribution is 0.0911. The third-order valence-corrected chi connectivity index (χ3v) is 5.40. The van der Waals surface area contributed by atoms with Crippen molar-refractivity contribution in [1.82, 2.24) is 15.2 Å². The average Bonchev–Trinajstić information content (AvgIpc) is 2.77. The maximum Gasteiger partial charge on any atom is 0.319 e. The standard InChI is InChI=1S/C23H33N5O2/c1-27(2)17-19(22(29)18-9-5-3-6-10-18)15-25-23(30)26-20-11-12-21(24-16-20)28-13-7-4-8-14-28/h3,5-6,9-12,16,19,22,29H,4,7-8,13-15,17H2,1-2H3,(H2,25,26,30)/t19-,22-/m1/s1. The maximum absolute atomic E-state index is 12.4. The number of piperidine rings is 1. The van der Waals surface area contributed by atoms with Crippen molar-refractivity contribution in [2.24, 2.45) is 5.92 Å². The molecule has 2 heterocycles. The molecule has 2 aromatic rings. The summed E-state index contributed by atoms with van der Waals surface area (Å²) in [5.74, 6) is 0.824. The fourth-order valence-corrected chi connectivity index (χ4v) is 3.84. The molecule has 30 heavy (non-hydrogen) atoms. The van der Waals surface area contributed by atoms with Crippen LogP contribution in [0.1, 0.15) is 30.9 Å². The molecule has 7 nitrogen and oxygen atoms in total. The summed E-state index contributed by atoms with van der Waals surface area (Å²) in [5.41, 5.74) is 1.50. The van der Waals surface area contributed by atoms with E-state index in [0.29, 0.717) is 18.8 Å². The van der Waals surface area contributed by atoms with Crippen molar-refractivity contribution in [3.05, 3.63) is 54.2 Å². The van der Waals surface area contributed by atoms with E-state index in [1.807, 2.05) is 61.5 Å². The highest BCUT2D eigenvalue weighted by Crippen LogP contribution is 2.22. The van der Waals surface area contributed by atoms with Gasteiger partial charge in [-0.3, -0.25) is 0 Å². The van der Waals surface area contributed by atoms with Gasteiger partial charge >= 0.3 is 6.03 Å². The molecule has 0 saturated carbocycles. The Balaban J connectivity index is 1.53. The number of anilines is 2. The number of amides is 2. The Labute approximate surface area is 179 Å². The third-order valence-electron chi connectivity index (χ3n) is 5.40. The summed E-state index contributed by atoms with van der Waals surface area (Å²) in [6.45, 7) is 3.09. The number of urea groups is 1. The van der Waals surface area contributed by atoms with Crippen molar-refractivity contribution in [3.63, 3.8) is 0 Å². The number of carbonyl (C=O) groups is 1. The van der Waals surface area contributed by atoms with Crippen LogP contribution in [0.4, 0.5) is 16.3 Å². The molecule has 1 aliphatic heterocycles. The lowest BCUT2D eigenvalue weighted by atomic mass is 9.95. The van der Waals surface area contributed by atoms with E-state index in [1.54, 1.807) is 6.20 Å². The molecule has 2 atom stereocenters. The second kappa shape index (κ2) is 10.9. The van der Waals surface area contributed by atoms with Crippen molar-refractivity contribution in [1.29, 1.82) is 0 Å². The fourth-order valence-electron chi connectivity index (χ4n) is 3.84. The molecule has 0 radical (unpaired) electrons. The van der Waals surface area contributed by atoms with Crippen LogP contribution in [0.15, 0.2) is 48.7 Å². The molecule has 3 N–H and O–H groups in total. The van der Waals surface area contributed by atoms with E-state index in [0.717, 1.165) is 24.5 Å². The summed E-state index contributed by atoms with van der Waals surface area (Å²) in [6.07, 6.45) is 4.73. The van der Waals surface area contributed by atoms with E-state index >= 15 is 0 Å². The minimum absolute atomic E-state index is 0.132. The summed E-state index contributed by atoms with van der Waals surface area (Å²) in [6, 6.07) is 13.1. The zero-order valence-corrected chi connectivity index (χ0v) is 17.9. The van der Waals surface area contributed by atoms with Gasteiger partial charge in [-0.2, -0.15) is 0 Å². The molecule has 0 spiro atoms. The highest BCUT2D eigenvalue weighted by atomic mass is 16.3. The van der Waals surface area contributed by atoms with E-state index < -0.39 is 6.10 Å². The van der Waals surface area contributed by atoms with Crippen molar-refractivity contribution in [2.75, 3.05) is 50.5 Å². The summed E-state index contributed by atoms with van der Waals surface area (Å²) < 4.78 is 0. The second-order valence-electron chi connectivity index (χ2n) is 8.17. The van der Waals surface area contributed by atoms with E-state index in [1.165, 1.54) is 19.3 Å². The van der Waals surface area contributed by atoms with Gasteiger partial charge in [0.05, 0.1) is 18.0 Å². The molecule has 1 aromatic heterocycles. The van der Waals surface area contributed by atoms with Gasteiger partial charge in [-0.05, 0) is 51.1 Å². The predicted octanol–water partition coefficient (Wildman–Crippen LogP) is 3.10. The van der Waals surface area contributed by atoms with Gasteiger partial charge in [-0.15, -0.1) is 0 Å². The predicted molar refractivity (Wildman–Crippen MR) is 121 cm³/mol. The third kappa shape index (κ3) is 6.43. The molecule has 1 aromatic carbocycles. The Morgan fingerprint density at radius 3 is 2.50 bits per heavy atom. The van der Waals surface area contributed by atoms with Gasteiger partial charge in [0.15, 0.2) is 0 Å². The number of aliphatic hydroxyl groups is 1. The lowest BCUT2D eigenvalue weighted by Gasteiger charge is -2.27. The van der Waals surface area contributed by atoms with Crippen molar-refractivity contribution in [3.8, 4) is 0 Å². The molecule has 0 bridgehead atoms. The number of nitrogens with one attached hydrogen (secondary N) is 2. The lowest BCUT2D eigenvalue weighted by Crippen LogP contribution is -2.39. The molecule has 162 valence electrons. The maximum atomic E-state index is 12.4. The van der Waals surface area contributed by atoms with Crippen LogP contribution in [0.2, 0.25) is 0 Å². The fraction of sp³-hybridized carbons (Fsp3) is 0.478. The number of rotatable bonds is 8. The van der Waals surface area contributed by atoms with Gasteiger partial charge in [0.2, 0.25) is 0 Å². The van der Waals surface area contributed by atoms with Crippen LogP contribution in [0.3, 0.4) is 0 Å². The number of benzene rings is 1. The first-order valence-corrected chi connectivity index (χ1v) is 10.7. The molecule has 0 unspecified atom stereocenters. The number of nitrogens with zero attached hydrogens (tertiary/aromatic N) is 3. The number of aromatic nitrogens is 1. The van der Waals surface area contributed by atoms with E-state index in [4.69, 9.17) is 0 Å². The van der Waals surface area contributed by atoms with Crippen LogP contribution in [-0.4, -0.2) is 61.3 Å². The summed E-state index contributed by atoms with van der Waals surface area (Å²) in [4.78, 5) is 21.2. The largest absolute Gasteiger partial charge is 0.388 e. The molecule has 2 amide bonds.